The third-order valence-corrected chi connectivity index (χ3v) is 3.07. The van der Waals surface area contributed by atoms with Crippen LogP contribution in [0.5, 0.6) is 0 Å². The number of aromatic nitrogens is 1. The Hall–Kier alpha value is -1.39. The number of carbonyl (C=O) groups excluding carboxylic acids is 1. The number of hydrogen-bond acceptors (Lipinski definition) is 3. The predicted molar refractivity (Wildman–Crippen MR) is 66.9 cm³/mol. The van der Waals surface area contributed by atoms with Crippen LogP contribution in [0.3, 0.4) is 0 Å². The molecule has 0 atom stereocenters. The second kappa shape index (κ2) is 5.09. The Kier molecular flexibility index (Phi) is 3.54. The number of anilines is 1. The number of amides is 1. The summed E-state index contributed by atoms with van der Waals surface area (Å²) in [5.41, 5.74) is 3.63. The van der Waals surface area contributed by atoms with Crippen molar-refractivity contribution in [2.75, 3.05) is 11.2 Å². The highest BCUT2D eigenvalue weighted by Gasteiger charge is 2.01. The molecule has 0 fully saturated rings. The van der Waals surface area contributed by atoms with Gasteiger partial charge in [0.25, 0.3) is 0 Å². The maximum Gasteiger partial charge on any atom is 0.239 e. The fourth-order valence-corrected chi connectivity index (χ4v) is 1.97. The lowest BCUT2D eigenvalue weighted by Crippen LogP contribution is -2.12. The van der Waals surface area contributed by atoms with Crippen molar-refractivity contribution in [2.24, 2.45) is 0 Å². The van der Waals surface area contributed by atoms with Gasteiger partial charge in [0.15, 0.2) is 0 Å². The van der Waals surface area contributed by atoms with Gasteiger partial charge in [-0.2, -0.15) is 0 Å². The molecule has 0 aliphatic rings. The van der Waals surface area contributed by atoms with Crippen LogP contribution in [-0.2, 0) is 4.79 Å². The average Bonchev–Trinajstić information content (AvgIpc) is 2.83. The number of hydrogen-bond donors (Lipinski definition) is 1. The Bertz CT molecular complexity index is 467. The first kappa shape index (κ1) is 11.1. The Balaban J connectivity index is 2.14. The highest BCUT2D eigenvalue weighted by atomic mass is 35.5. The quantitative estimate of drug-likeness (QED) is 0.854. The van der Waals surface area contributed by atoms with Gasteiger partial charge in [0, 0.05) is 11.9 Å². The van der Waals surface area contributed by atoms with Crippen LogP contribution in [0.4, 0.5) is 5.69 Å². The lowest BCUT2D eigenvalue weighted by molar-refractivity contribution is -0.113. The summed E-state index contributed by atoms with van der Waals surface area (Å²) in [5, 5.41) is 2.68. The maximum atomic E-state index is 11.0. The highest BCUT2D eigenvalue weighted by Crippen LogP contribution is 2.24. The van der Waals surface area contributed by atoms with E-state index in [1.165, 1.54) is 0 Å². The number of nitrogens with one attached hydrogen (secondary N) is 1. The van der Waals surface area contributed by atoms with E-state index >= 15 is 0 Å². The van der Waals surface area contributed by atoms with E-state index in [0.717, 1.165) is 16.1 Å². The molecule has 1 aromatic carbocycles. The highest BCUT2D eigenvalue weighted by molar-refractivity contribution is 7.13. The second-order valence-corrected chi connectivity index (χ2v) is 4.28. The summed E-state index contributed by atoms with van der Waals surface area (Å²) in [6.45, 7) is 0. The van der Waals surface area contributed by atoms with Gasteiger partial charge in [-0.25, -0.2) is 0 Å². The molecule has 3 nitrogen and oxygen atoms in total. The first-order valence-electron chi connectivity index (χ1n) is 4.64. The van der Waals surface area contributed by atoms with E-state index in [1.807, 2.05) is 30.5 Å². The van der Waals surface area contributed by atoms with Gasteiger partial charge in [0.05, 0.1) is 10.4 Å². The molecule has 1 amide bonds. The zero-order chi connectivity index (χ0) is 11.4. The van der Waals surface area contributed by atoms with Crippen molar-refractivity contribution < 1.29 is 4.79 Å². The number of rotatable bonds is 3. The van der Waals surface area contributed by atoms with Crippen LogP contribution >= 0.6 is 22.9 Å². The first-order valence-corrected chi connectivity index (χ1v) is 6.06. The van der Waals surface area contributed by atoms with Gasteiger partial charge in [-0.15, -0.1) is 22.9 Å². The summed E-state index contributed by atoms with van der Waals surface area (Å²) >= 11 is 6.98. The average molecular weight is 253 g/mol. The minimum Gasteiger partial charge on any atom is -0.325 e. The zero-order valence-corrected chi connectivity index (χ0v) is 9.89. The molecule has 2 rings (SSSR count). The summed E-state index contributed by atoms with van der Waals surface area (Å²) < 4.78 is 0. The fraction of sp³-hybridized carbons (Fsp3) is 0.0909. The number of benzene rings is 1. The zero-order valence-electron chi connectivity index (χ0n) is 8.31. The van der Waals surface area contributed by atoms with Crippen molar-refractivity contribution in [1.82, 2.24) is 4.98 Å². The van der Waals surface area contributed by atoms with Crippen molar-refractivity contribution in [3.63, 3.8) is 0 Å². The molecule has 0 saturated carbocycles. The van der Waals surface area contributed by atoms with E-state index in [4.69, 9.17) is 11.6 Å². The Labute approximate surface area is 102 Å². The van der Waals surface area contributed by atoms with E-state index < -0.39 is 0 Å². The predicted octanol–water partition coefficient (Wildman–Crippen LogP) is 2.99. The molecule has 0 spiro atoms. The Morgan fingerprint density at radius 2 is 2.12 bits per heavy atom. The van der Waals surface area contributed by atoms with E-state index in [0.29, 0.717) is 0 Å². The molecule has 0 saturated heterocycles. The molecule has 2 aromatic rings. The molecule has 0 aliphatic carbocycles. The molecular weight excluding hydrogens is 244 g/mol. The standard InChI is InChI=1S/C11H9ClN2OS/c12-5-11(15)14-9-3-1-8(2-4-9)10-6-13-7-16-10/h1-4,6-7H,5H2,(H,14,15). The summed E-state index contributed by atoms with van der Waals surface area (Å²) in [6, 6.07) is 7.58. The number of nitrogens with zero attached hydrogens (tertiary/aromatic N) is 1. The molecule has 0 unspecified atom stereocenters. The summed E-state index contributed by atoms with van der Waals surface area (Å²) in [4.78, 5) is 16.2. The van der Waals surface area contributed by atoms with Crippen LogP contribution in [0, 0.1) is 0 Å². The van der Waals surface area contributed by atoms with Crippen molar-refractivity contribution >= 4 is 34.5 Å². The number of halogens is 1. The van der Waals surface area contributed by atoms with E-state index in [-0.39, 0.29) is 11.8 Å². The van der Waals surface area contributed by atoms with Crippen LogP contribution in [0.2, 0.25) is 0 Å². The summed E-state index contributed by atoms with van der Waals surface area (Å²) in [7, 11) is 0. The minimum absolute atomic E-state index is 0.0312. The number of carbonyl (C=O) groups is 1. The minimum atomic E-state index is -0.202. The third-order valence-electron chi connectivity index (χ3n) is 2.01. The topological polar surface area (TPSA) is 42.0 Å². The van der Waals surface area contributed by atoms with Gasteiger partial charge in [0.1, 0.15) is 5.88 Å². The number of alkyl halides is 1. The van der Waals surface area contributed by atoms with Gasteiger partial charge in [-0.05, 0) is 17.7 Å². The molecule has 0 bridgehead atoms. The van der Waals surface area contributed by atoms with Gasteiger partial charge in [-0.1, -0.05) is 12.1 Å². The maximum absolute atomic E-state index is 11.0. The van der Waals surface area contributed by atoms with Gasteiger partial charge >= 0.3 is 0 Å². The molecule has 1 N–H and O–H groups in total. The number of thiazole rings is 1. The van der Waals surface area contributed by atoms with Gasteiger partial charge in [-0.3, -0.25) is 9.78 Å². The van der Waals surface area contributed by atoms with Crippen molar-refractivity contribution in [2.45, 2.75) is 0 Å². The summed E-state index contributed by atoms with van der Waals surface area (Å²) in [5.74, 6) is -0.233. The SMILES string of the molecule is O=C(CCl)Nc1ccc(-c2cncs2)cc1. The molecule has 82 valence electrons. The largest absolute Gasteiger partial charge is 0.325 e. The molecule has 0 radical (unpaired) electrons. The van der Waals surface area contributed by atoms with Crippen molar-refractivity contribution in [1.29, 1.82) is 0 Å². The Morgan fingerprint density at radius 1 is 1.38 bits per heavy atom. The molecule has 16 heavy (non-hydrogen) atoms. The molecule has 1 aromatic heterocycles. The molecule has 5 heteroatoms. The van der Waals surface area contributed by atoms with E-state index in [9.17, 15) is 4.79 Å². The van der Waals surface area contributed by atoms with Crippen LogP contribution in [0.15, 0.2) is 36.0 Å². The molecular formula is C11H9ClN2OS. The molecule has 0 aliphatic heterocycles. The fourth-order valence-electron chi connectivity index (χ4n) is 1.27. The van der Waals surface area contributed by atoms with Crippen LogP contribution < -0.4 is 5.32 Å². The smallest absolute Gasteiger partial charge is 0.239 e. The van der Waals surface area contributed by atoms with Gasteiger partial charge in [0.2, 0.25) is 5.91 Å². The van der Waals surface area contributed by atoms with E-state index in [1.54, 1.807) is 16.8 Å². The summed E-state index contributed by atoms with van der Waals surface area (Å²) in [6.07, 6.45) is 1.82. The Morgan fingerprint density at radius 3 is 2.69 bits per heavy atom. The van der Waals surface area contributed by atoms with Crippen molar-refractivity contribution in [3.8, 4) is 10.4 Å². The van der Waals surface area contributed by atoms with Crippen LogP contribution in [-0.4, -0.2) is 16.8 Å². The van der Waals surface area contributed by atoms with Crippen LogP contribution in [0.1, 0.15) is 0 Å². The van der Waals surface area contributed by atoms with E-state index in [2.05, 4.69) is 10.3 Å². The van der Waals surface area contributed by atoms with Gasteiger partial charge < -0.3 is 5.32 Å². The van der Waals surface area contributed by atoms with Crippen LogP contribution in [0.25, 0.3) is 10.4 Å². The monoisotopic (exact) mass is 252 g/mol. The lowest BCUT2D eigenvalue weighted by atomic mass is 10.2. The third kappa shape index (κ3) is 2.59. The molecule has 1 heterocycles. The second-order valence-electron chi connectivity index (χ2n) is 3.12. The normalized spacial score (nSPS) is 10.1. The van der Waals surface area contributed by atoms with Crippen molar-refractivity contribution in [3.05, 3.63) is 36.0 Å². The first-order chi connectivity index (χ1) is 7.79. The lowest BCUT2D eigenvalue weighted by Gasteiger charge is -2.03.